The number of aryl methyl sites for hydroxylation is 3. The van der Waals surface area contributed by atoms with Crippen molar-refractivity contribution in [1.29, 1.82) is 0 Å². The molecule has 0 aromatic carbocycles. The Morgan fingerprint density at radius 1 is 1.13 bits per heavy atom. The first-order chi connectivity index (χ1) is 18.2. The molecule has 198 valence electrons. The minimum absolute atomic E-state index is 0.0986. The molecule has 0 amide bonds. The Labute approximate surface area is 219 Å². The largest absolute Gasteiger partial charge is 0.384 e. The molecule has 0 saturated carbocycles. The van der Waals surface area contributed by atoms with Crippen LogP contribution in [0.15, 0.2) is 36.7 Å². The SMILES string of the molecule is Cc1nnn(C)c1-c1cnc2c3c(cc(C(C)(C)O)n3C)n(C(c3ncccc3F)C3CCOCC3)c2c1. The molecule has 38 heavy (non-hydrogen) atoms. The molecule has 0 radical (unpaired) electrons. The van der Waals surface area contributed by atoms with Crippen LogP contribution in [-0.2, 0) is 24.4 Å². The van der Waals surface area contributed by atoms with Gasteiger partial charge < -0.3 is 19.0 Å². The van der Waals surface area contributed by atoms with E-state index in [2.05, 4.69) is 25.9 Å². The van der Waals surface area contributed by atoms with Crippen LogP contribution in [0.5, 0.6) is 0 Å². The lowest BCUT2D eigenvalue weighted by atomic mass is 9.88. The normalized spacial score (nSPS) is 16.1. The highest BCUT2D eigenvalue weighted by Gasteiger charge is 2.35. The number of nitrogens with zero attached hydrogens (tertiary/aromatic N) is 7. The van der Waals surface area contributed by atoms with Gasteiger partial charge in [0.15, 0.2) is 0 Å². The van der Waals surface area contributed by atoms with E-state index in [9.17, 15) is 5.11 Å². The molecule has 1 saturated heterocycles. The first-order valence-electron chi connectivity index (χ1n) is 12.9. The lowest BCUT2D eigenvalue weighted by Gasteiger charge is -2.32. The molecule has 1 unspecified atom stereocenters. The van der Waals surface area contributed by atoms with E-state index >= 15 is 4.39 Å². The van der Waals surface area contributed by atoms with E-state index in [0.29, 0.717) is 18.9 Å². The van der Waals surface area contributed by atoms with Crippen LogP contribution < -0.4 is 0 Å². The van der Waals surface area contributed by atoms with E-state index in [1.54, 1.807) is 30.8 Å². The summed E-state index contributed by atoms with van der Waals surface area (Å²) in [6.45, 7) is 6.69. The Bertz CT molecular complexity index is 1630. The Balaban J connectivity index is 1.72. The van der Waals surface area contributed by atoms with Crippen LogP contribution in [0.1, 0.15) is 49.8 Å². The third-order valence-electron chi connectivity index (χ3n) is 7.78. The molecular weight excluding hydrogens is 485 g/mol. The maximum atomic E-state index is 15.5. The summed E-state index contributed by atoms with van der Waals surface area (Å²) in [5.41, 5.74) is 6.04. The van der Waals surface area contributed by atoms with Gasteiger partial charge in [-0.1, -0.05) is 5.21 Å². The first-order valence-corrected chi connectivity index (χ1v) is 12.9. The van der Waals surface area contributed by atoms with Crippen molar-refractivity contribution in [2.75, 3.05) is 13.2 Å². The van der Waals surface area contributed by atoms with Crippen LogP contribution in [0, 0.1) is 18.7 Å². The van der Waals surface area contributed by atoms with Crippen molar-refractivity contribution < 1.29 is 14.2 Å². The fraction of sp³-hybridized carbons (Fsp3) is 0.429. The average molecular weight is 518 g/mol. The van der Waals surface area contributed by atoms with Crippen molar-refractivity contribution in [2.45, 2.75) is 45.3 Å². The van der Waals surface area contributed by atoms with E-state index in [-0.39, 0.29) is 17.8 Å². The van der Waals surface area contributed by atoms with Gasteiger partial charge in [-0.15, -0.1) is 5.10 Å². The Hall–Kier alpha value is -3.63. The van der Waals surface area contributed by atoms with Crippen molar-refractivity contribution in [3.8, 4) is 11.3 Å². The predicted octanol–water partition coefficient (Wildman–Crippen LogP) is 4.41. The highest BCUT2D eigenvalue weighted by atomic mass is 19.1. The van der Waals surface area contributed by atoms with Crippen molar-refractivity contribution in [3.63, 3.8) is 0 Å². The summed E-state index contributed by atoms with van der Waals surface area (Å²) in [7, 11) is 3.80. The molecule has 5 aromatic heterocycles. The highest BCUT2D eigenvalue weighted by molar-refractivity contribution is 6.05. The van der Waals surface area contributed by atoms with Crippen LogP contribution in [0.3, 0.4) is 0 Å². The topological polar surface area (TPSA) is 95.8 Å². The number of fused-ring (bicyclic) bond motifs is 3. The smallest absolute Gasteiger partial charge is 0.146 e. The molecule has 9 nitrogen and oxygen atoms in total. The Morgan fingerprint density at radius 3 is 2.55 bits per heavy atom. The molecule has 6 rings (SSSR count). The second-order valence-corrected chi connectivity index (χ2v) is 10.8. The number of hydrogen-bond donors (Lipinski definition) is 1. The molecule has 1 atom stereocenters. The molecule has 0 bridgehead atoms. The molecule has 1 aliphatic heterocycles. The number of halogens is 1. The number of aromatic nitrogens is 7. The maximum absolute atomic E-state index is 15.5. The van der Waals surface area contributed by atoms with E-state index in [4.69, 9.17) is 9.72 Å². The van der Waals surface area contributed by atoms with Crippen molar-refractivity contribution in [1.82, 2.24) is 34.1 Å². The number of aliphatic hydroxyl groups is 1. The second-order valence-electron chi connectivity index (χ2n) is 10.8. The van der Waals surface area contributed by atoms with Gasteiger partial charge in [0.2, 0.25) is 0 Å². The number of ether oxygens (including phenoxy) is 1. The van der Waals surface area contributed by atoms with Gasteiger partial charge in [-0.3, -0.25) is 9.97 Å². The molecule has 0 aliphatic carbocycles. The zero-order chi connectivity index (χ0) is 26.8. The molecule has 10 heteroatoms. The molecule has 5 aromatic rings. The summed E-state index contributed by atoms with van der Waals surface area (Å²) in [4.78, 5) is 9.50. The van der Waals surface area contributed by atoms with Gasteiger partial charge >= 0.3 is 0 Å². The second kappa shape index (κ2) is 8.99. The molecule has 6 heterocycles. The van der Waals surface area contributed by atoms with E-state index in [0.717, 1.165) is 57.6 Å². The summed E-state index contributed by atoms with van der Waals surface area (Å²) < 4.78 is 27.1. The van der Waals surface area contributed by atoms with E-state index in [1.807, 2.05) is 37.8 Å². The molecular formula is C28H32FN7O2. The first kappa shape index (κ1) is 24.7. The summed E-state index contributed by atoms with van der Waals surface area (Å²) in [5.74, 6) is -0.241. The average Bonchev–Trinajstić information content (AvgIpc) is 3.51. The van der Waals surface area contributed by atoms with Crippen LogP contribution >= 0.6 is 0 Å². The van der Waals surface area contributed by atoms with Crippen molar-refractivity contribution >= 4 is 22.1 Å². The van der Waals surface area contributed by atoms with Gasteiger partial charge in [0.05, 0.1) is 51.0 Å². The standard InChI is InChI=1S/C28H32FN7O2/c1-16-25(35(5)33-32-16)18-13-20-24(31-15-18)27-21(14-22(34(27)4)28(2,3)37)36(20)26(17-8-11-38-12-9-17)23-19(29)7-6-10-30-23/h6-7,10,13-15,17,26,37H,8-9,11-12H2,1-5H3. The third-order valence-corrected chi connectivity index (χ3v) is 7.78. The Kier molecular flexibility index (Phi) is 5.84. The van der Waals surface area contributed by atoms with Crippen LogP contribution in [0.2, 0.25) is 0 Å². The molecule has 1 N–H and O–H groups in total. The maximum Gasteiger partial charge on any atom is 0.146 e. The summed E-state index contributed by atoms with van der Waals surface area (Å²) in [6, 6.07) is 6.79. The van der Waals surface area contributed by atoms with Crippen molar-refractivity contribution in [2.24, 2.45) is 20.0 Å². The fourth-order valence-electron chi connectivity index (χ4n) is 6.08. The number of pyridine rings is 2. The van der Waals surface area contributed by atoms with Crippen LogP contribution in [-0.4, -0.2) is 52.4 Å². The molecule has 1 aliphatic rings. The quantitative estimate of drug-likeness (QED) is 0.371. The van der Waals surface area contributed by atoms with Gasteiger partial charge in [0, 0.05) is 45.3 Å². The van der Waals surface area contributed by atoms with E-state index < -0.39 is 5.60 Å². The van der Waals surface area contributed by atoms with Gasteiger partial charge in [-0.2, -0.15) is 0 Å². The number of rotatable bonds is 5. The van der Waals surface area contributed by atoms with Gasteiger partial charge in [0.25, 0.3) is 0 Å². The third kappa shape index (κ3) is 3.82. The van der Waals surface area contributed by atoms with Gasteiger partial charge in [0.1, 0.15) is 11.3 Å². The fourth-order valence-corrected chi connectivity index (χ4v) is 6.08. The van der Waals surface area contributed by atoms with Crippen molar-refractivity contribution in [3.05, 3.63) is 59.6 Å². The summed E-state index contributed by atoms with van der Waals surface area (Å²) in [5, 5.41) is 19.4. The lowest BCUT2D eigenvalue weighted by molar-refractivity contribution is 0.0543. The summed E-state index contributed by atoms with van der Waals surface area (Å²) in [6.07, 6.45) is 5.05. The van der Waals surface area contributed by atoms with Gasteiger partial charge in [-0.05, 0) is 63.8 Å². The molecule has 0 spiro atoms. The Morgan fingerprint density at radius 2 is 1.89 bits per heavy atom. The lowest BCUT2D eigenvalue weighted by Crippen LogP contribution is -2.28. The molecule has 1 fully saturated rings. The van der Waals surface area contributed by atoms with Crippen LogP contribution in [0.25, 0.3) is 33.3 Å². The zero-order valence-electron chi connectivity index (χ0n) is 22.3. The monoisotopic (exact) mass is 517 g/mol. The van der Waals surface area contributed by atoms with Gasteiger partial charge in [-0.25, -0.2) is 9.07 Å². The zero-order valence-corrected chi connectivity index (χ0v) is 22.3. The summed E-state index contributed by atoms with van der Waals surface area (Å²) >= 11 is 0. The number of hydrogen-bond acceptors (Lipinski definition) is 6. The predicted molar refractivity (Wildman–Crippen MR) is 142 cm³/mol. The van der Waals surface area contributed by atoms with E-state index in [1.165, 1.54) is 6.07 Å². The minimum Gasteiger partial charge on any atom is -0.384 e. The highest BCUT2D eigenvalue weighted by Crippen LogP contribution is 2.43. The minimum atomic E-state index is -1.08. The van der Waals surface area contributed by atoms with Crippen LogP contribution in [0.4, 0.5) is 4.39 Å².